The molecule has 0 saturated heterocycles. The van der Waals surface area contributed by atoms with Crippen LogP contribution in [0.25, 0.3) is 0 Å². The SMILES string of the molecule is Cc1ccc(S(=O)(=O)N2C[C@@H](CC3(C#N)CC3)Oc3ccc(CC(=O)OC(C)(C)C)cc32)cc1. The molecule has 0 N–H and O–H groups in total. The van der Waals surface area contributed by atoms with Crippen LogP contribution < -0.4 is 9.04 Å². The van der Waals surface area contributed by atoms with Crippen molar-refractivity contribution in [3.63, 3.8) is 0 Å². The Kier molecular flexibility index (Phi) is 6.11. The number of nitrogens with zero attached hydrogens (tertiary/aromatic N) is 2. The third kappa shape index (κ3) is 5.20. The lowest BCUT2D eigenvalue weighted by molar-refractivity contribution is -0.153. The van der Waals surface area contributed by atoms with Gasteiger partial charge < -0.3 is 9.47 Å². The third-order valence-electron chi connectivity index (χ3n) is 6.04. The van der Waals surface area contributed by atoms with Gasteiger partial charge in [-0.1, -0.05) is 23.8 Å². The molecule has 2 aromatic carbocycles. The van der Waals surface area contributed by atoms with Crippen LogP contribution in [0.1, 0.15) is 51.2 Å². The Bertz CT molecular complexity index is 1240. The molecule has 4 rings (SSSR count). The Hall–Kier alpha value is -3.05. The first-order valence-corrected chi connectivity index (χ1v) is 12.9. The Balaban J connectivity index is 1.69. The molecule has 8 heteroatoms. The quantitative estimate of drug-likeness (QED) is 0.561. The monoisotopic (exact) mass is 482 g/mol. The first kappa shape index (κ1) is 24.1. The summed E-state index contributed by atoms with van der Waals surface area (Å²) in [4.78, 5) is 12.5. The van der Waals surface area contributed by atoms with Gasteiger partial charge in [-0.2, -0.15) is 5.26 Å². The lowest BCUT2D eigenvalue weighted by atomic mass is 9.99. The number of fused-ring (bicyclic) bond motifs is 1. The maximum atomic E-state index is 13.7. The van der Waals surface area contributed by atoms with E-state index in [0.717, 1.165) is 18.4 Å². The summed E-state index contributed by atoms with van der Waals surface area (Å²) < 4.78 is 40.3. The standard InChI is InChI=1S/C26H30N2O5S/c1-18-5-8-21(9-6-18)34(30,31)28-16-20(15-26(17-27)11-12-26)32-23-10-7-19(13-22(23)28)14-24(29)33-25(2,3)4/h5-10,13,20H,11-12,14-16H2,1-4H3/t20-/m1/s1. The van der Waals surface area contributed by atoms with Gasteiger partial charge >= 0.3 is 5.97 Å². The van der Waals surface area contributed by atoms with Crippen LogP contribution in [0.2, 0.25) is 0 Å². The maximum absolute atomic E-state index is 13.7. The number of aryl methyl sites for hydroxylation is 1. The van der Waals surface area contributed by atoms with Gasteiger partial charge in [0.2, 0.25) is 0 Å². The highest BCUT2D eigenvalue weighted by atomic mass is 32.2. The number of nitriles is 1. The first-order chi connectivity index (χ1) is 15.9. The molecule has 2 aromatic rings. The fourth-order valence-electron chi connectivity index (χ4n) is 4.13. The number of sulfonamides is 1. The largest absolute Gasteiger partial charge is 0.486 e. The van der Waals surface area contributed by atoms with Crippen LogP contribution in [-0.4, -0.2) is 32.6 Å². The van der Waals surface area contributed by atoms with Crippen molar-refractivity contribution in [2.75, 3.05) is 10.8 Å². The molecule has 0 amide bonds. The number of carbonyl (C=O) groups is 1. The fourth-order valence-corrected chi connectivity index (χ4v) is 5.63. The molecule has 1 saturated carbocycles. The predicted molar refractivity (Wildman–Crippen MR) is 128 cm³/mol. The number of rotatable bonds is 6. The van der Waals surface area contributed by atoms with Crippen LogP contribution in [-0.2, 0) is 26.0 Å². The fraction of sp³-hybridized carbons (Fsp3) is 0.462. The van der Waals surface area contributed by atoms with Gasteiger partial charge in [0, 0.05) is 6.42 Å². The van der Waals surface area contributed by atoms with Crippen molar-refractivity contribution in [3.05, 3.63) is 53.6 Å². The zero-order valence-electron chi connectivity index (χ0n) is 20.0. The Labute approximate surface area is 201 Å². The molecule has 0 radical (unpaired) electrons. The Morgan fingerprint density at radius 3 is 2.47 bits per heavy atom. The van der Waals surface area contributed by atoms with E-state index in [-0.39, 0.29) is 23.8 Å². The highest BCUT2D eigenvalue weighted by Crippen LogP contribution is 2.50. The topological polar surface area (TPSA) is 96.7 Å². The average molecular weight is 483 g/mol. The van der Waals surface area contributed by atoms with Crippen molar-refractivity contribution in [2.45, 2.75) is 70.0 Å². The zero-order valence-corrected chi connectivity index (χ0v) is 20.8. The summed E-state index contributed by atoms with van der Waals surface area (Å²) >= 11 is 0. The molecule has 34 heavy (non-hydrogen) atoms. The van der Waals surface area contributed by atoms with Crippen molar-refractivity contribution in [3.8, 4) is 11.8 Å². The minimum Gasteiger partial charge on any atom is -0.486 e. The van der Waals surface area contributed by atoms with Crippen LogP contribution in [0, 0.1) is 23.7 Å². The van der Waals surface area contributed by atoms with Crippen molar-refractivity contribution < 1.29 is 22.7 Å². The molecule has 0 unspecified atom stereocenters. The summed E-state index contributed by atoms with van der Waals surface area (Å²) in [6, 6.07) is 14.2. The molecule has 7 nitrogen and oxygen atoms in total. The lowest BCUT2D eigenvalue weighted by Crippen LogP contribution is -2.44. The van der Waals surface area contributed by atoms with Gasteiger partial charge in [-0.25, -0.2) is 8.42 Å². The summed E-state index contributed by atoms with van der Waals surface area (Å²) in [5.41, 5.74) is 0.943. The smallest absolute Gasteiger partial charge is 0.310 e. The van der Waals surface area contributed by atoms with E-state index in [1.165, 1.54) is 4.31 Å². The first-order valence-electron chi connectivity index (χ1n) is 11.4. The Morgan fingerprint density at radius 2 is 1.88 bits per heavy atom. The van der Waals surface area contributed by atoms with E-state index in [0.29, 0.717) is 23.4 Å². The second-order valence-corrected chi connectivity index (χ2v) is 12.1. The van der Waals surface area contributed by atoms with Crippen molar-refractivity contribution in [1.29, 1.82) is 5.26 Å². The summed E-state index contributed by atoms with van der Waals surface area (Å²) in [5.74, 6) is 0.0355. The van der Waals surface area contributed by atoms with Gasteiger partial charge in [0.1, 0.15) is 17.5 Å². The molecule has 1 heterocycles. The maximum Gasteiger partial charge on any atom is 0.310 e. The van der Waals surface area contributed by atoms with E-state index in [9.17, 15) is 18.5 Å². The van der Waals surface area contributed by atoms with Gasteiger partial charge in [-0.15, -0.1) is 0 Å². The molecule has 0 bridgehead atoms. The van der Waals surface area contributed by atoms with Gasteiger partial charge in [0.15, 0.2) is 0 Å². The zero-order chi connectivity index (χ0) is 24.7. The second-order valence-electron chi connectivity index (χ2n) is 10.3. The Morgan fingerprint density at radius 1 is 1.21 bits per heavy atom. The molecule has 1 fully saturated rings. The molecule has 0 aromatic heterocycles. The number of hydrogen-bond donors (Lipinski definition) is 0. The van der Waals surface area contributed by atoms with Crippen molar-refractivity contribution in [1.82, 2.24) is 0 Å². The molecule has 180 valence electrons. The van der Waals surface area contributed by atoms with E-state index >= 15 is 0 Å². The molecular formula is C26H30N2O5S. The minimum atomic E-state index is -3.89. The van der Waals surface area contributed by atoms with Crippen LogP contribution in [0.5, 0.6) is 5.75 Å². The number of esters is 1. The van der Waals surface area contributed by atoms with Gasteiger partial charge in [0.25, 0.3) is 10.0 Å². The molecule has 2 aliphatic rings. The van der Waals surface area contributed by atoms with E-state index in [1.807, 2.05) is 6.92 Å². The van der Waals surface area contributed by atoms with Crippen LogP contribution in [0.3, 0.4) is 0 Å². The highest BCUT2D eigenvalue weighted by molar-refractivity contribution is 7.92. The predicted octanol–water partition coefficient (Wildman–Crippen LogP) is 4.53. The second kappa shape index (κ2) is 8.62. The normalized spacial score (nSPS) is 18.9. The summed E-state index contributed by atoms with van der Waals surface area (Å²) in [6.45, 7) is 7.40. The van der Waals surface area contributed by atoms with E-state index in [1.54, 1.807) is 63.2 Å². The third-order valence-corrected chi connectivity index (χ3v) is 7.84. The number of benzene rings is 2. The molecule has 0 spiro atoms. The van der Waals surface area contributed by atoms with Crippen LogP contribution >= 0.6 is 0 Å². The van der Waals surface area contributed by atoms with Crippen LogP contribution in [0.15, 0.2) is 47.4 Å². The molecular weight excluding hydrogens is 452 g/mol. The van der Waals surface area contributed by atoms with Gasteiger partial charge in [0.05, 0.1) is 35.0 Å². The number of hydrogen-bond acceptors (Lipinski definition) is 6. The molecule has 1 atom stereocenters. The summed E-state index contributed by atoms with van der Waals surface area (Å²) in [5, 5.41) is 9.53. The summed E-state index contributed by atoms with van der Waals surface area (Å²) in [6.07, 6.45) is 1.66. The number of carbonyl (C=O) groups excluding carboxylic acids is 1. The van der Waals surface area contributed by atoms with E-state index in [2.05, 4.69) is 6.07 Å². The lowest BCUT2D eigenvalue weighted by Gasteiger charge is -2.36. The average Bonchev–Trinajstić information content (AvgIpc) is 3.52. The number of anilines is 1. The number of ether oxygens (including phenoxy) is 2. The van der Waals surface area contributed by atoms with Crippen molar-refractivity contribution >= 4 is 21.7 Å². The van der Waals surface area contributed by atoms with Crippen LogP contribution in [0.4, 0.5) is 5.69 Å². The summed E-state index contributed by atoms with van der Waals surface area (Å²) in [7, 11) is -3.89. The van der Waals surface area contributed by atoms with E-state index in [4.69, 9.17) is 9.47 Å². The molecule has 1 aliphatic carbocycles. The highest BCUT2D eigenvalue weighted by Gasteiger charge is 2.47. The van der Waals surface area contributed by atoms with Gasteiger partial charge in [-0.3, -0.25) is 9.10 Å². The molecule has 1 aliphatic heterocycles. The van der Waals surface area contributed by atoms with Gasteiger partial charge in [-0.05, 0) is 70.4 Å². The van der Waals surface area contributed by atoms with Crippen molar-refractivity contribution in [2.24, 2.45) is 5.41 Å². The minimum absolute atomic E-state index is 0.0178. The van der Waals surface area contributed by atoms with E-state index < -0.39 is 27.1 Å².